The summed E-state index contributed by atoms with van der Waals surface area (Å²) in [6, 6.07) is 3.96. The number of carbonyl (C=O) groups excluding carboxylic acids is 2. The van der Waals surface area contributed by atoms with Crippen LogP contribution in [0.1, 0.15) is 25.7 Å². The molecule has 114 valence electrons. The summed E-state index contributed by atoms with van der Waals surface area (Å²) in [7, 11) is 0. The molecule has 2 heterocycles. The van der Waals surface area contributed by atoms with E-state index in [1.54, 1.807) is 0 Å². The molecule has 2 aliphatic rings. The average Bonchev–Trinajstić information content (AvgIpc) is 3.24. The minimum absolute atomic E-state index is 0.0675. The van der Waals surface area contributed by atoms with Gasteiger partial charge in [-0.3, -0.25) is 9.59 Å². The largest absolute Gasteiger partial charge is 0.354 e. The fourth-order valence-corrected chi connectivity index (χ4v) is 2.92. The van der Waals surface area contributed by atoms with E-state index in [0.29, 0.717) is 12.5 Å². The van der Waals surface area contributed by atoms with E-state index in [9.17, 15) is 9.59 Å². The van der Waals surface area contributed by atoms with Gasteiger partial charge in [0.15, 0.2) is 0 Å². The van der Waals surface area contributed by atoms with Crippen LogP contribution >= 0.6 is 0 Å². The Morgan fingerprint density at radius 3 is 2.29 bits per heavy atom. The van der Waals surface area contributed by atoms with Crippen LogP contribution in [0.15, 0.2) is 24.5 Å². The number of piperidine rings is 1. The second-order valence-corrected chi connectivity index (χ2v) is 6.09. The Bertz CT molecular complexity index is 486. The van der Waals surface area contributed by atoms with Crippen molar-refractivity contribution in [1.29, 1.82) is 0 Å². The second-order valence-electron chi connectivity index (χ2n) is 6.09. The lowest BCUT2D eigenvalue weighted by Gasteiger charge is -2.31. The normalized spacial score (nSPS) is 19.5. The molecule has 0 spiro atoms. The van der Waals surface area contributed by atoms with Gasteiger partial charge >= 0.3 is 0 Å². The molecule has 21 heavy (non-hydrogen) atoms. The number of hydrogen-bond acceptors (Lipinski definition) is 2. The van der Waals surface area contributed by atoms with Gasteiger partial charge in [0.05, 0.1) is 0 Å². The van der Waals surface area contributed by atoms with Gasteiger partial charge in [0.25, 0.3) is 0 Å². The second kappa shape index (κ2) is 6.33. The number of carbonyl (C=O) groups is 2. The minimum atomic E-state index is 0.0675. The Hall–Kier alpha value is -1.78. The van der Waals surface area contributed by atoms with Gasteiger partial charge in [-0.1, -0.05) is 0 Å². The lowest BCUT2D eigenvalue weighted by Crippen LogP contribution is -2.44. The molecule has 1 saturated heterocycles. The number of hydrogen-bond donors (Lipinski definition) is 1. The van der Waals surface area contributed by atoms with Crippen molar-refractivity contribution in [2.24, 2.45) is 11.8 Å². The number of nitrogens with zero attached hydrogens (tertiary/aromatic N) is 2. The van der Waals surface area contributed by atoms with Gasteiger partial charge in [-0.05, 0) is 37.8 Å². The molecule has 5 nitrogen and oxygen atoms in total. The smallest absolute Gasteiger partial charge is 0.225 e. The summed E-state index contributed by atoms with van der Waals surface area (Å²) in [4.78, 5) is 26.0. The average molecular weight is 289 g/mol. The predicted molar refractivity (Wildman–Crippen MR) is 79.5 cm³/mol. The summed E-state index contributed by atoms with van der Waals surface area (Å²) in [6.07, 6.45) is 7.70. The van der Waals surface area contributed by atoms with E-state index in [0.717, 1.165) is 45.3 Å². The van der Waals surface area contributed by atoms with Crippen LogP contribution in [-0.4, -0.2) is 40.9 Å². The van der Waals surface area contributed by atoms with E-state index < -0.39 is 0 Å². The van der Waals surface area contributed by atoms with Gasteiger partial charge in [-0.2, -0.15) is 0 Å². The molecule has 1 aliphatic carbocycles. The van der Waals surface area contributed by atoms with Crippen molar-refractivity contribution in [1.82, 2.24) is 14.8 Å². The maximum absolute atomic E-state index is 12.1. The van der Waals surface area contributed by atoms with Crippen LogP contribution in [0, 0.1) is 11.8 Å². The van der Waals surface area contributed by atoms with E-state index in [1.807, 2.05) is 29.4 Å². The molecule has 2 amide bonds. The molecule has 3 rings (SSSR count). The van der Waals surface area contributed by atoms with Gasteiger partial charge in [0.2, 0.25) is 11.8 Å². The predicted octanol–water partition coefficient (Wildman–Crippen LogP) is 1.25. The van der Waals surface area contributed by atoms with Crippen LogP contribution < -0.4 is 5.32 Å². The number of likely N-dealkylation sites (tertiary alicyclic amines) is 1. The zero-order valence-electron chi connectivity index (χ0n) is 12.3. The molecule has 1 saturated carbocycles. The summed E-state index contributed by atoms with van der Waals surface area (Å²) < 4.78 is 2.05. The van der Waals surface area contributed by atoms with Crippen molar-refractivity contribution in [2.75, 3.05) is 19.6 Å². The molecule has 5 heteroatoms. The Morgan fingerprint density at radius 2 is 1.67 bits per heavy atom. The van der Waals surface area contributed by atoms with Crippen LogP contribution in [0.25, 0.3) is 0 Å². The molecule has 1 aromatic heterocycles. The third-order valence-electron chi connectivity index (χ3n) is 4.44. The fraction of sp³-hybridized carbons (Fsp3) is 0.625. The van der Waals surface area contributed by atoms with Gasteiger partial charge in [0, 0.05) is 50.4 Å². The monoisotopic (exact) mass is 289 g/mol. The molecule has 2 fully saturated rings. The van der Waals surface area contributed by atoms with E-state index in [-0.39, 0.29) is 17.7 Å². The van der Waals surface area contributed by atoms with E-state index >= 15 is 0 Å². The molecule has 0 atom stereocenters. The number of aromatic nitrogens is 1. The van der Waals surface area contributed by atoms with Gasteiger partial charge in [-0.15, -0.1) is 0 Å². The first-order valence-electron chi connectivity index (χ1n) is 7.91. The summed E-state index contributed by atoms with van der Waals surface area (Å²) in [5.41, 5.74) is 0. The molecule has 0 aromatic carbocycles. The summed E-state index contributed by atoms with van der Waals surface area (Å²) in [5, 5.41) is 3.01. The number of rotatable bonds is 5. The van der Waals surface area contributed by atoms with Crippen LogP contribution in [-0.2, 0) is 16.1 Å². The van der Waals surface area contributed by atoms with Crippen molar-refractivity contribution in [3.8, 4) is 0 Å². The van der Waals surface area contributed by atoms with Crippen LogP contribution in [0.3, 0.4) is 0 Å². The van der Waals surface area contributed by atoms with Crippen molar-refractivity contribution >= 4 is 11.8 Å². The molecule has 1 aromatic rings. The Balaban J connectivity index is 1.37. The fourth-order valence-electron chi connectivity index (χ4n) is 2.92. The molecule has 0 bridgehead atoms. The third-order valence-corrected chi connectivity index (χ3v) is 4.44. The van der Waals surface area contributed by atoms with Gasteiger partial charge in [0.1, 0.15) is 0 Å². The van der Waals surface area contributed by atoms with Crippen molar-refractivity contribution in [2.45, 2.75) is 32.2 Å². The van der Waals surface area contributed by atoms with Crippen LogP contribution in [0.4, 0.5) is 0 Å². The third kappa shape index (κ3) is 3.65. The van der Waals surface area contributed by atoms with Crippen molar-refractivity contribution < 1.29 is 9.59 Å². The highest BCUT2D eigenvalue weighted by molar-refractivity contribution is 5.82. The summed E-state index contributed by atoms with van der Waals surface area (Å²) >= 11 is 0. The van der Waals surface area contributed by atoms with Gasteiger partial charge < -0.3 is 14.8 Å². The highest BCUT2D eigenvalue weighted by Crippen LogP contribution is 2.32. The molecular formula is C16H23N3O2. The number of amides is 2. The van der Waals surface area contributed by atoms with E-state index in [4.69, 9.17) is 0 Å². The Kier molecular flexibility index (Phi) is 4.27. The molecular weight excluding hydrogens is 266 g/mol. The zero-order chi connectivity index (χ0) is 14.7. The Morgan fingerprint density at radius 1 is 1.00 bits per heavy atom. The highest BCUT2D eigenvalue weighted by Gasteiger charge is 2.35. The molecule has 1 N–H and O–H groups in total. The van der Waals surface area contributed by atoms with Crippen LogP contribution in [0.5, 0.6) is 0 Å². The van der Waals surface area contributed by atoms with Crippen molar-refractivity contribution in [3.05, 3.63) is 24.5 Å². The molecule has 1 aliphatic heterocycles. The van der Waals surface area contributed by atoms with E-state index in [2.05, 4.69) is 9.88 Å². The highest BCUT2D eigenvalue weighted by atomic mass is 16.2. The number of nitrogens with one attached hydrogen (secondary N) is 1. The zero-order valence-corrected chi connectivity index (χ0v) is 12.3. The summed E-state index contributed by atoms with van der Waals surface area (Å²) in [6.45, 7) is 2.95. The maximum atomic E-state index is 12.1. The maximum Gasteiger partial charge on any atom is 0.225 e. The standard InChI is InChI=1S/C16H23N3O2/c20-15(17-7-12-18-8-1-2-9-18)13-5-10-19(11-6-13)16(21)14-3-4-14/h1-2,8-9,13-14H,3-7,10-12H2,(H,17,20). The summed E-state index contributed by atoms with van der Waals surface area (Å²) in [5.74, 6) is 0.803. The lowest BCUT2D eigenvalue weighted by atomic mass is 9.95. The Labute approximate surface area is 125 Å². The first kappa shape index (κ1) is 14.2. The SMILES string of the molecule is O=C(NCCn1cccc1)C1CCN(C(=O)C2CC2)CC1. The molecule has 0 unspecified atom stereocenters. The van der Waals surface area contributed by atoms with E-state index in [1.165, 1.54) is 0 Å². The van der Waals surface area contributed by atoms with Crippen LogP contribution in [0.2, 0.25) is 0 Å². The first-order valence-corrected chi connectivity index (χ1v) is 7.91. The quantitative estimate of drug-likeness (QED) is 0.887. The topological polar surface area (TPSA) is 54.3 Å². The first-order chi connectivity index (χ1) is 10.2. The van der Waals surface area contributed by atoms with Crippen molar-refractivity contribution in [3.63, 3.8) is 0 Å². The lowest BCUT2D eigenvalue weighted by molar-refractivity contribution is -0.136. The molecule has 0 radical (unpaired) electrons. The minimum Gasteiger partial charge on any atom is -0.354 e. The van der Waals surface area contributed by atoms with Gasteiger partial charge in [-0.25, -0.2) is 0 Å².